The maximum atomic E-state index is 10.3. The van der Waals surface area contributed by atoms with Gasteiger partial charge in [0.2, 0.25) is 0 Å². The Morgan fingerprint density at radius 3 is 2.90 bits per heavy atom. The Labute approximate surface area is 119 Å². The van der Waals surface area contributed by atoms with E-state index in [0.717, 1.165) is 31.4 Å². The van der Waals surface area contributed by atoms with Crippen LogP contribution in [0.2, 0.25) is 0 Å². The molecule has 3 rings (SSSR count). The molecule has 1 spiro atoms. The summed E-state index contributed by atoms with van der Waals surface area (Å²) in [5.41, 5.74) is 1.15. The number of ether oxygens (including phenoxy) is 2. The van der Waals surface area contributed by atoms with E-state index in [-0.39, 0.29) is 12.1 Å². The number of aliphatic hydroxyl groups is 1. The van der Waals surface area contributed by atoms with Crippen molar-refractivity contribution in [2.45, 2.75) is 43.7 Å². The van der Waals surface area contributed by atoms with Crippen LogP contribution in [0.25, 0.3) is 0 Å². The van der Waals surface area contributed by atoms with Gasteiger partial charge in [0, 0.05) is 44.2 Å². The van der Waals surface area contributed by atoms with E-state index in [4.69, 9.17) is 9.47 Å². The summed E-state index contributed by atoms with van der Waals surface area (Å²) in [6.45, 7) is 2.09. The van der Waals surface area contributed by atoms with Gasteiger partial charge >= 0.3 is 0 Å². The van der Waals surface area contributed by atoms with E-state index in [1.807, 2.05) is 26.5 Å². The van der Waals surface area contributed by atoms with Gasteiger partial charge in [0.25, 0.3) is 0 Å². The van der Waals surface area contributed by atoms with Crippen LogP contribution >= 0.6 is 0 Å². The molecule has 1 aliphatic carbocycles. The molecule has 2 unspecified atom stereocenters. The monoisotopic (exact) mass is 281 g/mol. The van der Waals surface area contributed by atoms with Gasteiger partial charge in [-0.25, -0.2) is 0 Å². The molecule has 20 heavy (non-hydrogen) atoms. The van der Waals surface area contributed by atoms with Crippen LogP contribution in [0.4, 0.5) is 0 Å². The predicted octanol–water partition coefficient (Wildman–Crippen LogP) is 0.508. The second-order valence-electron chi connectivity index (χ2n) is 5.92. The fourth-order valence-electron chi connectivity index (χ4n) is 3.28. The lowest BCUT2D eigenvalue weighted by Crippen LogP contribution is -2.52. The van der Waals surface area contributed by atoms with Crippen molar-refractivity contribution in [1.82, 2.24) is 14.7 Å². The first kappa shape index (κ1) is 14.0. The number of hydrogen-bond donors (Lipinski definition) is 1. The molecular formula is C14H23N3O3. The van der Waals surface area contributed by atoms with Crippen molar-refractivity contribution in [2.75, 3.05) is 20.3 Å². The third-order valence-corrected chi connectivity index (χ3v) is 4.36. The van der Waals surface area contributed by atoms with Crippen LogP contribution in [0.3, 0.4) is 0 Å². The van der Waals surface area contributed by atoms with Gasteiger partial charge in [-0.2, -0.15) is 5.10 Å². The molecule has 0 aromatic carbocycles. The molecule has 6 nitrogen and oxygen atoms in total. The highest BCUT2D eigenvalue weighted by molar-refractivity contribution is 5.04. The summed E-state index contributed by atoms with van der Waals surface area (Å²) in [4.78, 5) is 2.17. The van der Waals surface area contributed by atoms with Crippen molar-refractivity contribution in [3.8, 4) is 0 Å². The summed E-state index contributed by atoms with van der Waals surface area (Å²) < 4.78 is 13.4. The van der Waals surface area contributed by atoms with Crippen LogP contribution in [-0.2, 0) is 23.1 Å². The molecule has 1 saturated heterocycles. The van der Waals surface area contributed by atoms with Crippen LogP contribution in [0, 0.1) is 0 Å². The van der Waals surface area contributed by atoms with Crippen LogP contribution < -0.4 is 0 Å². The topological polar surface area (TPSA) is 59.8 Å². The SMILES string of the molecule is CN(Cc1cnn(C)c1)C1CC2(CCC1O)OCCO2. The van der Waals surface area contributed by atoms with Crippen molar-refractivity contribution < 1.29 is 14.6 Å². The highest BCUT2D eigenvalue weighted by atomic mass is 16.7. The Bertz CT molecular complexity index is 456. The van der Waals surface area contributed by atoms with Crippen LogP contribution in [0.15, 0.2) is 12.4 Å². The van der Waals surface area contributed by atoms with E-state index in [2.05, 4.69) is 10.00 Å². The van der Waals surface area contributed by atoms with E-state index in [9.17, 15) is 5.11 Å². The Kier molecular flexibility index (Phi) is 3.81. The first-order chi connectivity index (χ1) is 9.58. The maximum absolute atomic E-state index is 10.3. The Balaban J connectivity index is 1.67. The molecule has 112 valence electrons. The van der Waals surface area contributed by atoms with Crippen LogP contribution in [0.5, 0.6) is 0 Å². The number of likely N-dealkylation sites (N-methyl/N-ethyl adjacent to an activating group) is 1. The van der Waals surface area contributed by atoms with Gasteiger partial charge in [0.05, 0.1) is 25.5 Å². The van der Waals surface area contributed by atoms with Gasteiger partial charge in [-0.05, 0) is 13.5 Å². The van der Waals surface area contributed by atoms with E-state index in [1.165, 1.54) is 0 Å². The number of aliphatic hydroxyl groups excluding tert-OH is 1. The fraction of sp³-hybridized carbons (Fsp3) is 0.786. The summed E-state index contributed by atoms with van der Waals surface area (Å²) in [5, 5.41) is 14.5. The summed E-state index contributed by atoms with van der Waals surface area (Å²) in [6.07, 6.45) is 5.78. The quantitative estimate of drug-likeness (QED) is 0.875. The zero-order valence-electron chi connectivity index (χ0n) is 12.2. The number of aromatic nitrogens is 2. The first-order valence-corrected chi connectivity index (χ1v) is 7.22. The number of nitrogens with zero attached hydrogens (tertiary/aromatic N) is 3. The highest BCUT2D eigenvalue weighted by Crippen LogP contribution is 2.37. The zero-order chi connectivity index (χ0) is 14.2. The number of rotatable bonds is 3. The Hall–Kier alpha value is -0.950. The van der Waals surface area contributed by atoms with Crippen LogP contribution in [0.1, 0.15) is 24.8 Å². The highest BCUT2D eigenvalue weighted by Gasteiger charge is 2.45. The molecule has 0 bridgehead atoms. The van der Waals surface area contributed by atoms with Gasteiger partial charge in [-0.3, -0.25) is 9.58 Å². The number of hydrogen-bond acceptors (Lipinski definition) is 5. The molecule has 1 N–H and O–H groups in total. The molecule has 2 aliphatic rings. The van der Waals surface area contributed by atoms with Gasteiger partial charge < -0.3 is 14.6 Å². The Morgan fingerprint density at radius 1 is 1.50 bits per heavy atom. The Morgan fingerprint density at radius 2 is 2.25 bits per heavy atom. The molecule has 2 atom stereocenters. The standard InChI is InChI=1S/C14H23N3O3/c1-16(9-11-8-15-17(2)10-11)12-7-14(4-3-13(12)18)19-5-6-20-14/h8,10,12-13,18H,3-7,9H2,1-2H3. The predicted molar refractivity (Wildman–Crippen MR) is 73.0 cm³/mol. The molecule has 0 amide bonds. The van der Waals surface area contributed by atoms with Crippen molar-refractivity contribution in [2.24, 2.45) is 7.05 Å². The molecular weight excluding hydrogens is 258 g/mol. The molecule has 0 radical (unpaired) electrons. The summed E-state index contributed by atoms with van der Waals surface area (Å²) >= 11 is 0. The second-order valence-corrected chi connectivity index (χ2v) is 5.92. The smallest absolute Gasteiger partial charge is 0.170 e. The van der Waals surface area contributed by atoms with Gasteiger partial charge in [-0.1, -0.05) is 0 Å². The molecule has 2 fully saturated rings. The van der Waals surface area contributed by atoms with E-state index in [0.29, 0.717) is 13.2 Å². The third kappa shape index (κ3) is 2.74. The lowest BCUT2D eigenvalue weighted by Gasteiger charge is -2.42. The van der Waals surface area contributed by atoms with Crippen molar-refractivity contribution in [1.29, 1.82) is 0 Å². The van der Waals surface area contributed by atoms with E-state index < -0.39 is 5.79 Å². The molecule has 1 aromatic rings. The average molecular weight is 281 g/mol. The van der Waals surface area contributed by atoms with Gasteiger partial charge in [0.1, 0.15) is 0 Å². The van der Waals surface area contributed by atoms with E-state index in [1.54, 1.807) is 4.68 Å². The van der Waals surface area contributed by atoms with Gasteiger partial charge in [-0.15, -0.1) is 0 Å². The first-order valence-electron chi connectivity index (χ1n) is 7.22. The lowest BCUT2D eigenvalue weighted by molar-refractivity contribution is -0.204. The normalized spacial score (nSPS) is 29.4. The average Bonchev–Trinajstić information content (AvgIpc) is 3.03. The summed E-state index contributed by atoms with van der Waals surface area (Å²) in [5.74, 6) is -0.465. The van der Waals surface area contributed by atoms with Crippen molar-refractivity contribution >= 4 is 0 Å². The second kappa shape index (κ2) is 5.44. The minimum absolute atomic E-state index is 0.0575. The maximum Gasteiger partial charge on any atom is 0.170 e. The minimum Gasteiger partial charge on any atom is -0.391 e. The lowest BCUT2D eigenvalue weighted by atomic mass is 9.86. The molecule has 1 saturated carbocycles. The van der Waals surface area contributed by atoms with E-state index >= 15 is 0 Å². The number of aryl methyl sites for hydroxylation is 1. The largest absolute Gasteiger partial charge is 0.391 e. The van der Waals surface area contributed by atoms with Crippen LogP contribution in [-0.4, -0.2) is 58.0 Å². The summed E-state index contributed by atoms with van der Waals surface area (Å²) in [6, 6.07) is 0.0575. The minimum atomic E-state index is -0.465. The fourth-order valence-corrected chi connectivity index (χ4v) is 3.28. The molecule has 1 aliphatic heterocycles. The molecule has 6 heteroatoms. The summed E-state index contributed by atoms with van der Waals surface area (Å²) in [7, 11) is 3.95. The molecule has 2 heterocycles. The zero-order valence-corrected chi connectivity index (χ0v) is 12.2. The molecule has 1 aromatic heterocycles. The van der Waals surface area contributed by atoms with Crippen molar-refractivity contribution in [3.05, 3.63) is 18.0 Å². The van der Waals surface area contributed by atoms with Crippen molar-refractivity contribution in [3.63, 3.8) is 0 Å². The third-order valence-electron chi connectivity index (χ3n) is 4.36. The van der Waals surface area contributed by atoms with Gasteiger partial charge in [0.15, 0.2) is 5.79 Å².